The van der Waals surface area contributed by atoms with Gasteiger partial charge >= 0.3 is 0 Å². The van der Waals surface area contributed by atoms with Crippen molar-refractivity contribution in [1.29, 1.82) is 0 Å². The fourth-order valence-electron chi connectivity index (χ4n) is 3.50. The molecule has 1 amide bonds. The average molecular weight is 369 g/mol. The van der Waals surface area contributed by atoms with E-state index in [0.717, 1.165) is 40.5 Å². The average Bonchev–Trinajstić information content (AvgIpc) is 2.96. The molecule has 2 aromatic rings. The van der Waals surface area contributed by atoms with Crippen LogP contribution in [0.2, 0.25) is 5.02 Å². The summed E-state index contributed by atoms with van der Waals surface area (Å²) in [5, 5.41) is 3.42. The standard InChI is InChI=1S/C22H25ClN2O/c1-16(18-9-5-6-10-19(18)22(26)24-2)17-11-12-21(20(23)15-17)25-13-7-3-4-8-14-25/h5-6,9-12,15H,1,3-4,7-8,13-14H2,2H3,(H,24,26). The van der Waals surface area contributed by atoms with Crippen LogP contribution in [-0.4, -0.2) is 26.0 Å². The van der Waals surface area contributed by atoms with Gasteiger partial charge in [0.1, 0.15) is 0 Å². The predicted molar refractivity (Wildman–Crippen MR) is 110 cm³/mol. The minimum absolute atomic E-state index is 0.117. The summed E-state index contributed by atoms with van der Waals surface area (Å²) in [5.41, 5.74) is 4.27. The summed E-state index contributed by atoms with van der Waals surface area (Å²) < 4.78 is 0. The van der Waals surface area contributed by atoms with E-state index in [1.807, 2.05) is 30.3 Å². The van der Waals surface area contributed by atoms with Gasteiger partial charge in [-0.2, -0.15) is 0 Å². The highest BCUT2D eigenvalue weighted by Gasteiger charge is 2.16. The highest BCUT2D eigenvalue weighted by atomic mass is 35.5. The van der Waals surface area contributed by atoms with Crippen molar-refractivity contribution in [2.45, 2.75) is 25.7 Å². The van der Waals surface area contributed by atoms with Crippen molar-refractivity contribution in [3.05, 3.63) is 70.8 Å². The van der Waals surface area contributed by atoms with Gasteiger partial charge in [-0.15, -0.1) is 0 Å². The molecule has 0 spiro atoms. The number of nitrogens with one attached hydrogen (secondary N) is 1. The zero-order chi connectivity index (χ0) is 18.5. The van der Waals surface area contributed by atoms with Crippen LogP contribution in [0.3, 0.4) is 0 Å². The van der Waals surface area contributed by atoms with Gasteiger partial charge in [0.2, 0.25) is 0 Å². The number of anilines is 1. The normalized spacial score (nSPS) is 14.6. The fraction of sp³-hybridized carbons (Fsp3) is 0.318. The molecule has 1 saturated heterocycles. The van der Waals surface area contributed by atoms with E-state index in [1.165, 1.54) is 25.7 Å². The van der Waals surface area contributed by atoms with Crippen LogP contribution >= 0.6 is 11.6 Å². The van der Waals surface area contributed by atoms with Crippen molar-refractivity contribution in [3.8, 4) is 0 Å². The largest absolute Gasteiger partial charge is 0.370 e. The molecule has 0 atom stereocenters. The van der Waals surface area contributed by atoms with Crippen molar-refractivity contribution in [2.75, 3.05) is 25.0 Å². The predicted octanol–water partition coefficient (Wildman–Crippen LogP) is 5.14. The van der Waals surface area contributed by atoms with E-state index >= 15 is 0 Å². The zero-order valence-corrected chi connectivity index (χ0v) is 16.0. The third kappa shape index (κ3) is 3.94. The van der Waals surface area contributed by atoms with Crippen LogP contribution in [0.5, 0.6) is 0 Å². The smallest absolute Gasteiger partial charge is 0.251 e. The van der Waals surface area contributed by atoms with Crippen LogP contribution in [0.25, 0.3) is 5.57 Å². The van der Waals surface area contributed by atoms with Gasteiger partial charge in [0.05, 0.1) is 10.7 Å². The number of hydrogen-bond acceptors (Lipinski definition) is 2. The molecule has 1 N–H and O–H groups in total. The molecule has 4 heteroatoms. The molecule has 3 nitrogen and oxygen atoms in total. The SMILES string of the molecule is C=C(c1ccc(N2CCCCCC2)c(Cl)c1)c1ccccc1C(=O)NC. The van der Waals surface area contributed by atoms with Gasteiger partial charge in [0, 0.05) is 25.7 Å². The van der Waals surface area contributed by atoms with E-state index in [-0.39, 0.29) is 5.91 Å². The van der Waals surface area contributed by atoms with E-state index < -0.39 is 0 Å². The number of benzene rings is 2. The molecule has 0 unspecified atom stereocenters. The van der Waals surface area contributed by atoms with Gasteiger partial charge in [0.25, 0.3) is 5.91 Å². The van der Waals surface area contributed by atoms with E-state index in [1.54, 1.807) is 7.05 Å². The van der Waals surface area contributed by atoms with Crippen LogP contribution < -0.4 is 10.2 Å². The van der Waals surface area contributed by atoms with Crippen LogP contribution in [0.15, 0.2) is 49.0 Å². The first kappa shape index (κ1) is 18.5. The lowest BCUT2D eigenvalue weighted by Crippen LogP contribution is -2.24. The van der Waals surface area contributed by atoms with Crippen LogP contribution in [-0.2, 0) is 0 Å². The summed E-state index contributed by atoms with van der Waals surface area (Å²) in [6.45, 7) is 6.33. The number of rotatable bonds is 4. The summed E-state index contributed by atoms with van der Waals surface area (Å²) in [7, 11) is 1.63. The molecule has 0 aliphatic carbocycles. The summed E-state index contributed by atoms with van der Waals surface area (Å²) in [5.74, 6) is -0.117. The van der Waals surface area contributed by atoms with Crippen molar-refractivity contribution in [2.24, 2.45) is 0 Å². The van der Waals surface area contributed by atoms with Crippen molar-refractivity contribution in [1.82, 2.24) is 5.32 Å². The Bertz CT molecular complexity index is 808. The maximum absolute atomic E-state index is 12.1. The van der Waals surface area contributed by atoms with Gasteiger partial charge < -0.3 is 10.2 Å². The molecule has 26 heavy (non-hydrogen) atoms. The van der Waals surface area contributed by atoms with Crippen LogP contribution in [0.4, 0.5) is 5.69 Å². The van der Waals surface area contributed by atoms with Crippen LogP contribution in [0, 0.1) is 0 Å². The molecule has 0 radical (unpaired) electrons. The van der Waals surface area contributed by atoms with Crippen molar-refractivity contribution < 1.29 is 4.79 Å². The van der Waals surface area contributed by atoms with Gasteiger partial charge in [-0.1, -0.05) is 55.3 Å². The lowest BCUT2D eigenvalue weighted by Gasteiger charge is -2.24. The zero-order valence-electron chi connectivity index (χ0n) is 15.2. The van der Waals surface area contributed by atoms with Crippen molar-refractivity contribution in [3.63, 3.8) is 0 Å². The number of carbonyl (C=O) groups excluding carboxylic acids is 1. The maximum atomic E-state index is 12.1. The Morgan fingerprint density at radius 1 is 1.04 bits per heavy atom. The number of carbonyl (C=O) groups is 1. The van der Waals surface area contributed by atoms with Gasteiger partial charge in [0.15, 0.2) is 0 Å². The molecule has 0 aromatic heterocycles. The Morgan fingerprint density at radius 2 is 1.69 bits per heavy atom. The molecule has 2 aromatic carbocycles. The summed E-state index contributed by atoms with van der Waals surface area (Å²) >= 11 is 6.62. The molecule has 0 bridgehead atoms. The van der Waals surface area contributed by atoms with Crippen LogP contribution in [0.1, 0.15) is 47.2 Å². The second-order valence-electron chi connectivity index (χ2n) is 6.67. The number of nitrogens with zero attached hydrogens (tertiary/aromatic N) is 1. The van der Waals surface area contributed by atoms with E-state index in [2.05, 4.69) is 28.9 Å². The summed E-state index contributed by atoms with van der Waals surface area (Å²) in [6.07, 6.45) is 5.01. The number of halogens is 1. The van der Waals surface area contributed by atoms with E-state index in [9.17, 15) is 4.79 Å². The van der Waals surface area contributed by atoms with E-state index in [0.29, 0.717) is 5.56 Å². The monoisotopic (exact) mass is 368 g/mol. The Kier molecular flexibility index (Phi) is 6.00. The van der Waals surface area contributed by atoms with Crippen molar-refractivity contribution >= 4 is 28.8 Å². The van der Waals surface area contributed by atoms with Gasteiger partial charge in [-0.05, 0) is 47.7 Å². The summed E-state index contributed by atoms with van der Waals surface area (Å²) in [4.78, 5) is 14.5. The lowest BCUT2D eigenvalue weighted by atomic mass is 9.94. The second-order valence-corrected chi connectivity index (χ2v) is 7.08. The first-order chi connectivity index (χ1) is 12.6. The molecule has 0 saturated carbocycles. The van der Waals surface area contributed by atoms with Gasteiger partial charge in [-0.25, -0.2) is 0 Å². The minimum atomic E-state index is -0.117. The highest BCUT2D eigenvalue weighted by molar-refractivity contribution is 6.33. The number of amides is 1. The molecule has 136 valence electrons. The quantitative estimate of drug-likeness (QED) is 0.810. The third-order valence-electron chi connectivity index (χ3n) is 4.97. The first-order valence-electron chi connectivity index (χ1n) is 9.17. The topological polar surface area (TPSA) is 32.3 Å². The van der Waals surface area contributed by atoms with Gasteiger partial charge in [-0.3, -0.25) is 4.79 Å². The molecule has 1 heterocycles. The lowest BCUT2D eigenvalue weighted by molar-refractivity contribution is 0.0963. The number of hydrogen-bond donors (Lipinski definition) is 1. The Labute approximate surface area is 160 Å². The molecule has 1 fully saturated rings. The minimum Gasteiger partial charge on any atom is -0.370 e. The Morgan fingerprint density at radius 3 is 2.31 bits per heavy atom. The highest BCUT2D eigenvalue weighted by Crippen LogP contribution is 2.33. The molecule has 3 rings (SSSR count). The molecular weight excluding hydrogens is 344 g/mol. The maximum Gasteiger partial charge on any atom is 0.251 e. The molecular formula is C22H25ClN2O. The molecule has 1 aliphatic heterocycles. The van der Waals surface area contributed by atoms with E-state index in [4.69, 9.17) is 11.6 Å². The first-order valence-corrected chi connectivity index (χ1v) is 9.55. The molecule has 1 aliphatic rings. The summed E-state index contributed by atoms with van der Waals surface area (Å²) in [6, 6.07) is 13.6. The fourth-order valence-corrected chi connectivity index (χ4v) is 3.80. The Balaban J connectivity index is 1.90. The third-order valence-corrected chi connectivity index (χ3v) is 5.27. The Hall–Kier alpha value is -2.26. The second kappa shape index (κ2) is 8.41.